The predicted octanol–water partition coefficient (Wildman–Crippen LogP) is 2.17. The SMILES string of the molecule is CC(C)[C@H](N)C(=O)NCCC1CCN(CC(F)(F)F)CC1.Cl. The van der Waals surface area contributed by atoms with Crippen molar-refractivity contribution in [2.45, 2.75) is 45.3 Å². The van der Waals surface area contributed by atoms with Crippen LogP contribution in [0.4, 0.5) is 13.2 Å². The van der Waals surface area contributed by atoms with Crippen LogP contribution in [-0.4, -0.2) is 49.2 Å². The molecule has 0 bridgehead atoms. The molecule has 1 aliphatic heterocycles. The zero-order valence-electron chi connectivity index (χ0n) is 13.2. The van der Waals surface area contributed by atoms with Crippen molar-refractivity contribution in [2.75, 3.05) is 26.2 Å². The average molecular weight is 346 g/mol. The summed E-state index contributed by atoms with van der Waals surface area (Å²) in [7, 11) is 0. The van der Waals surface area contributed by atoms with Gasteiger partial charge >= 0.3 is 6.18 Å². The van der Waals surface area contributed by atoms with Gasteiger partial charge in [-0.05, 0) is 44.2 Å². The van der Waals surface area contributed by atoms with E-state index in [9.17, 15) is 18.0 Å². The number of hydrogen-bond acceptors (Lipinski definition) is 3. The van der Waals surface area contributed by atoms with Gasteiger partial charge < -0.3 is 11.1 Å². The summed E-state index contributed by atoms with van der Waals surface area (Å²) >= 11 is 0. The van der Waals surface area contributed by atoms with Crippen molar-refractivity contribution < 1.29 is 18.0 Å². The van der Waals surface area contributed by atoms with E-state index in [-0.39, 0.29) is 24.2 Å². The van der Waals surface area contributed by atoms with Gasteiger partial charge in [-0.15, -0.1) is 12.4 Å². The minimum Gasteiger partial charge on any atom is -0.355 e. The van der Waals surface area contributed by atoms with Gasteiger partial charge in [0.05, 0.1) is 12.6 Å². The average Bonchev–Trinajstić information content (AvgIpc) is 2.38. The molecule has 0 aliphatic carbocycles. The van der Waals surface area contributed by atoms with Crippen LogP contribution in [0.25, 0.3) is 0 Å². The Labute approximate surface area is 136 Å². The van der Waals surface area contributed by atoms with Crippen LogP contribution < -0.4 is 11.1 Å². The van der Waals surface area contributed by atoms with E-state index in [0.29, 0.717) is 25.6 Å². The van der Waals surface area contributed by atoms with Crippen molar-refractivity contribution in [3.05, 3.63) is 0 Å². The van der Waals surface area contributed by atoms with Crippen molar-refractivity contribution in [1.29, 1.82) is 0 Å². The van der Waals surface area contributed by atoms with Crippen molar-refractivity contribution in [3.8, 4) is 0 Å². The van der Waals surface area contributed by atoms with E-state index in [1.54, 1.807) is 0 Å². The molecule has 0 unspecified atom stereocenters. The van der Waals surface area contributed by atoms with E-state index < -0.39 is 18.8 Å². The standard InChI is InChI=1S/C14H26F3N3O.ClH/c1-10(2)12(18)13(21)19-6-3-11-4-7-20(8-5-11)9-14(15,16)17;/h10-12H,3-9,18H2,1-2H3,(H,19,21);1H/t12-;/m0./s1. The Morgan fingerprint density at radius 2 is 1.86 bits per heavy atom. The van der Waals surface area contributed by atoms with Crippen LogP contribution in [-0.2, 0) is 4.79 Å². The highest BCUT2D eigenvalue weighted by atomic mass is 35.5. The first-order valence-electron chi connectivity index (χ1n) is 7.51. The molecule has 0 spiro atoms. The molecule has 1 amide bonds. The minimum absolute atomic E-state index is 0. The lowest BCUT2D eigenvalue weighted by molar-refractivity contribution is -0.148. The highest BCUT2D eigenvalue weighted by molar-refractivity contribution is 5.85. The molecule has 0 aromatic rings. The molecule has 1 heterocycles. The highest BCUT2D eigenvalue weighted by Gasteiger charge is 2.32. The molecule has 1 fully saturated rings. The molecule has 0 radical (unpaired) electrons. The number of hydrogen-bond donors (Lipinski definition) is 2. The Morgan fingerprint density at radius 1 is 1.32 bits per heavy atom. The first-order chi connectivity index (χ1) is 9.69. The van der Waals surface area contributed by atoms with Gasteiger partial charge in [-0.25, -0.2) is 0 Å². The molecule has 1 saturated heterocycles. The fourth-order valence-corrected chi connectivity index (χ4v) is 2.51. The Balaban J connectivity index is 0.00000441. The predicted molar refractivity (Wildman–Crippen MR) is 82.9 cm³/mol. The second-order valence-electron chi connectivity index (χ2n) is 6.18. The maximum atomic E-state index is 12.3. The summed E-state index contributed by atoms with van der Waals surface area (Å²) in [4.78, 5) is 13.1. The largest absolute Gasteiger partial charge is 0.401 e. The number of rotatable bonds is 6. The van der Waals surface area contributed by atoms with E-state index >= 15 is 0 Å². The lowest BCUT2D eigenvalue weighted by Crippen LogP contribution is -2.45. The van der Waals surface area contributed by atoms with Crippen LogP contribution in [0.3, 0.4) is 0 Å². The molecule has 0 aromatic heterocycles. The highest BCUT2D eigenvalue weighted by Crippen LogP contribution is 2.23. The number of amides is 1. The second kappa shape index (κ2) is 9.57. The first-order valence-corrected chi connectivity index (χ1v) is 7.51. The van der Waals surface area contributed by atoms with E-state index in [1.165, 1.54) is 4.90 Å². The summed E-state index contributed by atoms with van der Waals surface area (Å²) in [6, 6.07) is -0.501. The van der Waals surface area contributed by atoms with Gasteiger partial charge in [-0.3, -0.25) is 9.69 Å². The molecule has 4 nitrogen and oxygen atoms in total. The summed E-state index contributed by atoms with van der Waals surface area (Å²) in [5.41, 5.74) is 5.73. The fourth-order valence-electron chi connectivity index (χ4n) is 2.51. The Morgan fingerprint density at radius 3 is 2.32 bits per heavy atom. The summed E-state index contributed by atoms with van der Waals surface area (Å²) in [5, 5.41) is 2.80. The van der Waals surface area contributed by atoms with Crippen molar-refractivity contribution in [1.82, 2.24) is 10.2 Å². The molecule has 0 aromatic carbocycles. The Kier molecular flexibility index (Phi) is 9.34. The quantitative estimate of drug-likeness (QED) is 0.775. The summed E-state index contributed by atoms with van der Waals surface area (Å²) in [6.45, 7) is 4.46. The number of carbonyl (C=O) groups is 1. The van der Waals surface area contributed by atoms with Crippen LogP contribution >= 0.6 is 12.4 Å². The molecule has 132 valence electrons. The van der Waals surface area contributed by atoms with Crippen molar-refractivity contribution in [3.63, 3.8) is 0 Å². The first kappa shape index (κ1) is 21.5. The molecular formula is C14H27ClF3N3O. The van der Waals surface area contributed by atoms with Gasteiger partial charge in [0.2, 0.25) is 5.91 Å². The van der Waals surface area contributed by atoms with Crippen LogP contribution in [0.2, 0.25) is 0 Å². The number of nitrogens with two attached hydrogens (primary N) is 1. The monoisotopic (exact) mass is 345 g/mol. The Bertz CT molecular complexity index is 332. The number of carbonyl (C=O) groups excluding carboxylic acids is 1. The number of nitrogens with one attached hydrogen (secondary N) is 1. The third kappa shape index (κ3) is 8.19. The van der Waals surface area contributed by atoms with E-state index in [2.05, 4.69) is 5.32 Å². The molecular weight excluding hydrogens is 319 g/mol. The maximum absolute atomic E-state index is 12.3. The minimum atomic E-state index is -4.12. The molecule has 1 atom stereocenters. The van der Waals surface area contributed by atoms with E-state index in [4.69, 9.17) is 5.73 Å². The lowest BCUT2D eigenvalue weighted by atomic mass is 9.93. The number of likely N-dealkylation sites (tertiary alicyclic amines) is 1. The zero-order chi connectivity index (χ0) is 16.0. The lowest BCUT2D eigenvalue weighted by Gasteiger charge is -2.32. The smallest absolute Gasteiger partial charge is 0.355 e. The maximum Gasteiger partial charge on any atom is 0.401 e. The van der Waals surface area contributed by atoms with Crippen LogP contribution in [0.15, 0.2) is 0 Å². The van der Waals surface area contributed by atoms with Crippen molar-refractivity contribution >= 4 is 18.3 Å². The summed E-state index contributed by atoms with van der Waals surface area (Å²) in [6.07, 6.45) is -1.81. The van der Waals surface area contributed by atoms with Gasteiger partial charge in [-0.2, -0.15) is 13.2 Å². The number of nitrogens with zero attached hydrogens (tertiary/aromatic N) is 1. The summed E-state index contributed by atoms with van der Waals surface area (Å²) < 4.78 is 36.8. The topological polar surface area (TPSA) is 58.4 Å². The summed E-state index contributed by atoms with van der Waals surface area (Å²) in [5.74, 6) is 0.320. The number of piperidine rings is 1. The third-order valence-corrected chi connectivity index (χ3v) is 3.98. The molecule has 8 heteroatoms. The van der Waals surface area contributed by atoms with Gasteiger partial charge in [-0.1, -0.05) is 13.8 Å². The van der Waals surface area contributed by atoms with Crippen molar-refractivity contribution in [2.24, 2.45) is 17.6 Å². The van der Waals surface area contributed by atoms with E-state index in [0.717, 1.165) is 19.3 Å². The third-order valence-electron chi connectivity index (χ3n) is 3.98. The van der Waals surface area contributed by atoms with Gasteiger partial charge in [0.15, 0.2) is 0 Å². The number of alkyl halides is 3. The van der Waals surface area contributed by atoms with Crippen LogP contribution in [0.1, 0.15) is 33.1 Å². The van der Waals surface area contributed by atoms with E-state index in [1.807, 2.05) is 13.8 Å². The molecule has 22 heavy (non-hydrogen) atoms. The zero-order valence-corrected chi connectivity index (χ0v) is 14.0. The molecule has 3 N–H and O–H groups in total. The Hall–Kier alpha value is -0.530. The normalized spacial score (nSPS) is 18.9. The molecule has 0 saturated carbocycles. The van der Waals surface area contributed by atoms with Crippen LogP contribution in [0.5, 0.6) is 0 Å². The van der Waals surface area contributed by atoms with Gasteiger partial charge in [0.25, 0.3) is 0 Å². The fraction of sp³-hybridized carbons (Fsp3) is 0.929. The van der Waals surface area contributed by atoms with Gasteiger partial charge in [0, 0.05) is 6.54 Å². The second-order valence-corrected chi connectivity index (χ2v) is 6.18. The number of halogens is 4. The van der Waals surface area contributed by atoms with Gasteiger partial charge in [0.1, 0.15) is 0 Å². The molecule has 1 aliphatic rings. The van der Waals surface area contributed by atoms with Crippen LogP contribution in [0, 0.1) is 11.8 Å². The molecule has 1 rings (SSSR count).